The normalized spacial score (nSPS) is 14.8. The van der Waals surface area contributed by atoms with Crippen molar-refractivity contribution in [3.8, 4) is 0 Å². The molecule has 0 aliphatic heterocycles. The van der Waals surface area contributed by atoms with Crippen LogP contribution in [-0.4, -0.2) is 25.5 Å². The molecule has 0 atom stereocenters. The molecule has 0 spiro atoms. The highest BCUT2D eigenvalue weighted by Crippen LogP contribution is 2.35. The zero-order valence-electron chi connectivity index (χ0n) is 14.9. The standard InChI is InChI=1S/C17H22F3N5O/c1-3-24-11(2)13(9-21-24)22-15(26)10-25-14-8-6-4-5-7-12(14)16(23-25)17(18,19)20/h9H,3-8,10H2,1-2H3,(H,22,26). The molecule has 1 aliphatic carbocycles. The summed E-state index contributed by atoms with van der Waals surface area (Å²) in [6.45, 7) is 4.19. The monoisotopic (exact) mass is 369 g/mol. The number of carbonyl (C=O) groups excluding carboxylic acids is 1. The quantitative estimate of drug-likeness (QED) is 0.841. The van der Waals surface area contributed by atoms with Crippen molar-refractivity contribution >= 4 is 11.6 Å². The third-order valence-corrected chi connectivity index (χ3v) is 4.75. The van der Waals surface area contributed by atoms with Crippen LogP contribution in [0.4, 0.5) is 18.9 Å². The van der Waals surface area contributed by atoms with Crippen molar-refractivity contribution in [3.05, 3.63) is 28.8 Å². The number of halogens is 3. The lowest BCUT2D eigenvalue weighted by Gasteiger charge is -2.08. The molecule has 1 aliphatic rings. The van der Waals surface area contributed by atoms with Gasteiger partial charge in [-0.3, -0.25) is 14.2 Å². The fraction of sp³-hybridized carbons (Fsp3) is 0.588. The number of fused-ring (bicyclic) bond motifs is 1. The number of nitrogens with zero attached hydrogens (tertiary/aromatic N) is 4. The lowest BCUT2D eigenvalue weighted by Crippen LogP contribution is -2.21. The average molecular weight is 369 g/mol. The van der Waals surface area contributed by atoms with Crippen LogP contribution in [0.15, 0.2) is 6.20 Å². The van der Waals surface area contributed by atoms with E-state index in [0.29, 0.717) is 37.2 Å². The van der Waals surface area contributed by atoms with Crippen molar-refractivity contribution in [1.29, 1.82) is 0 Å². The lowest BCUT2D eigenvalue weighted by atomic mass is 10.1. The van der Waals surface area contributed by atoms with Crippen LogP contribution >= 0.6 is 0 Å². The second-order valence-corrected chi connectivity index (χ2v) is 6.50. The van der Waals surface area contributed by atoms with E-state index in [4.69, 9.17) is 0 Å². The Hall–Kier alpha value is -2.32. The first-order valence-corrected chi connectivity index (χ1v) is 8.79. The first-order chi connectivity index (χ1) is 12.3. The molecule has 3 rings (SSSR count). The number of nitrogens with one attached hydrogen (secondary N) is 1. The van der Waals surface area contributed by atoms with Gasteiger partial charge >= 0.3 is 6.18 Å². The minimum atomic E-state index is -4.50. The molecule has 26 heavy (non-hydrogen) atoms. The Bertz CT molecular complexity index is 806. The number of carbonyl (C=O) groups is 1. The second-order valence-electron chi connectivity index (χ2n) is 6.50. The molecular formula is C17H22F3N5O. The zero-order chi connectivity index (χ0) is 18.9. The molecule has 1 amide bonds. The number of aromatic nitrogens is 4. The Balaban J connectivity index is 1.83. The van der Waals surface area contributed by atoms with Crippen molar-refractivity contribution in [1.82, 2.24) is 19.6 Å². The zero-order valence-corrected chi connectivity index (χ0v) is 14.9. The summed E-state index contributed by atoms with van der Waals surface area (Å²) in [5.74, 6) is -0.410. The van der Waals surface area contributed by atoms with E-state index < -0.39 is 17.8 Å². The molecule has 1 N–H and O–H groups in total. The summed E-state index contributed by atoms with van der Waals surface area (Å²) in [5.41, 5.74) is 1.29. The van der Waals surface area contributed by atoms with Crippen LogP contribution in [0, 0.1) is 6.92 Å². The second kappa shape index (κ2) is 7.13. The summed E-state index contributed by atoms with van der Waals surface area (Å²) in [4.78, 5) is 12.4. The highest BCUT2D eigenvalue weighted by atomic mass is 19.4. The summed E-state index contributed by atoms with van der Waals surface area (Å²) in [5, 5.41) is 10.6. The van der Waals surface area contributed by atoms with Gasteiger partial charge in [-0.1, -0.05) is 6.42 Å². The van der Waals surface area contributed by atoms with E-state index in [1.54, 1.807) is 10.9 Å². The molecule has 6 nitrogen and oxygen atoms in total. The Morgan fingerprint density at radius 3 is 2.62 bits per heavy atom. The van der Waals surface area contributed by atoms with E-state index in [1.165, 1.54) is 4.68 Å². The van der Waals surface area contributed by atoms with E-state index in [2.05, 4.69) is 15.5 Å². The van der Waals surface area contributed by atoms with Gasteiger partial charge in [0.05, 0.1) is 17.6 Å². The summed E-state index contributed by atoms with van der Waals surface area (Å²) in [6.07, 6.45) is 0.306. The van der Waals surface area contributed by atoms with E-state index in [9.17, 15) is 18.0 Å². The highest BCUT2D eigenvalue weighted by Gasteiger charge is 2.39. The number of hydrogen-bond acceptors (Lipinski definition) is 3. The van der Waals surface area contributed by atoms with Gasteiger partial charge in [0.1, 0.15) is 6.54 Å². The molecule has 2 heterocycles. The van der Waals surface area contributed by atoms with Gasteiger partial charge in [-0.25, -0.2) is 0 Å². The Kier molecular flexibility index (Phi) is 5.06. The van der Waals surface area contributed by atoms with Crippen LogP contribution in [0.1, 0.15) is 48.8 Å². The molecule has 0 aromatic carbocycles. The van der Waals surface area contributed by atoms with Gasteiger partial charge in [0.25, 0.3) is 0 Å². The van der Waals surface area contributed by atoms with E-state index in [-0.39, 0.29) is 12.1 Å². The van der Waals surface area contributed by atoms with Gasteiger partial charge < -0.3 is 5.32 Å². The summed E-state index contributed by atoms with van der Waals surface area (Å²) in [6, 6.07) is 0. The third-order valence-electron chi connectivity index (χ3n) is 4.75. The SMILES string of the molecule is CCn1ncc(NC(=O)Cn2nc(C(F)(F)F)c3c2CCCCC3)c1C. The molecule has 2 aromatic heterocycles. The number of amides is 1. The largest absolute Gasteiger partial charge is 0.435 e. The van der Waals surface area contributed by atoms with Gasteiger partial charge in [-0.2, -0.15) is 23.4 Å². The van der Waals surface area contributed by atoms with Crippen molar-refractivity contribution in [3.63, 3.8) is 0 Å². The Morgan fingerprint density at radius 2 is 1.96 bits per heavy atom. The molecule has 0 saturated heterocycles. The van der Waals surface area contributed by atoms with Crippen molar-refractivity contribution in [2.75, 3.05) is 5.32 Å². The van der Waals surface area contributed by atoms with Crippen LogP contribution < -0.4 is 5.32 Å². The predicted octanol–water partition coefficient (Wildman–Crippen LogP) is 3.33. The van der Waals surface area contributed by atoms with Crippen molar-refractivity contribution < 1.29 is 18.0 Å². The van der Waals surface area contributed by atoms with Gasteiger partial charge in [-0.05, 0) is 39.5 Å². The van der Waals surface area contributed by atoms with E-state index in [0.717, 1.165) is 18.5 Å². The maximum atomic E-state index is 13.3. The molecule has 142 valence electrons. The number of rotatable bonds is 4. The van der Waals surface area contributed by atoms with Gasteiger partial charge in [0.15, 0.2) is 5.69 Å². The average Bonchev–Trinajstić information content (AvgIpc) is 2.98. The van der Waals surface area contributed by atoms with Gasteiger partial charge in [-0.15, -0.1) is 0 Å². The minimum absolute atomic E-state index is 0.241. The molecule has 0 unspecified atom stereocenters. The maximum absolute atomic E-state index is 13.3. The van der Waals surface area contributed by atoms with E-state index >= 15 is 0 Å². The number of alkyl halides is 3. The number of anilines is 1. The summed E-state index contributed by atoms with van der Waals surface area (Å²) < 4.78 is 42.9. The Morgan fingerprint density at radius 1 is 1.23 bits per heavy atom. The fourth-order valence-corrected chi connectivity index (χ4v) is 3.42. The van der Waals surface area contributed by atoms with Crippen LogP contribution in [0.5, 0.6) is 0 Å². The molecule has 0 fully saturated rings. The van der Waals surface area contributed by atoms with Crippen LogP contribution in [0.25, 0.3) is 0 Å². The molecule has 2 aromatic rings. The van der Waals surface area contributed by atoms with Crippen LogP contribution in [0.2, 0.25) is 0 Å². The van der Waals surface area contributed by atoms with Crippen molar-refractivity contribution in [2.45, 2.75) is 65.2 Å². The minimum Gasteiger partial charge on any atom is -0.322 e. The van der Waals surface area contributed by atoms with Gasteiger partial charge in [0.2, 0.25) is 5.91 Å². The van der Waals surface area contributed by atoms with Gasteiger partial charge in [0, 0.05) is 17.8 Å². The first kappa shape index (κ1) is 18.5. The molecular weight excluding hydrogens is 347 g/mol. The smallest absolute Gasteiger partial charge is 0.322 e. The summed E-state index contributed by atoms with van der Waals surface area (Å²) >= 11 is 0. The fourth-order valence-electron chi connectivity index (χ4n) is 3.42. The van der Waals surface area contributed by atoms with Crippen molar-refractivity contribution in [2.24, 2.45) is 0 Å². The lowest BCUT2D eigenvalue weighted by molar-refractivity contribution is -0.142. The van der Waals surface area contributed by atoms with Crippen LogP contribution in [0.3, 0.4) is 0 Å². The predicted molar refractivity (Wildman–Crippen MR) is 89.8 cm³/mol. The molecule has 0 radical (unpaired) electrons. The molecule has 9 heteroatoms. The molecule has 0 saturated carbocycles. The highest BCUT2D eigenvalue weighted by molar-refractivity contribution is 5.91. The first-order valence-electron chi connectivity index (χ1n) is 8.79. The molecule has 0 bridgehead atoms. The third kappa shape index (κ3) is 3.61. The van der Waals surface area contributed by atoms with E-state index in [1.807, 2.05) is 13.8 Å². The number of aryl methyl sites for hydroxylation is 1. The summed E-state index contributed by atoms with van der Waals surface area (Å²) in [7, 11) is 0. The Labute approximate surface area is 149 Å². The topological polar surface area (TPSA) is 64.7 Å². The van der Waals surface area contributed by atoms with Crippen LogP contribution in [-0.2, 0) is 36.9 Å². The number of hydrogen-bond donors (Lipinski definition) is 1. The maximum Gasteiger partial charge on any atom is 0.435 e.